The van der Waals surface area contributed by atoms with E-state index in [0.29, 0.717) is 17.6 Å². The number of hydrogen-bond acceptors (Lipinski definition) is 3. The van der Waals surface area contributed by atoms with Gasteiger partial charge in [0.25, 0.3) is 5.56 Å². The number of aryl methyl sites for hydroxylation is 1. The minimum absolute atomic E-state index is 0.0127. The predicted octanol–water partition coefficient (Wildman–Crippen LogP) is 1.67. The van der Waals surface area contributed by atoms with Crippen LogP contribution in [0.25, 0.3) is 10.1 Å². The number of aromatic nitrogens is 1. The summed E-state index contributed by atoms with van der Waals surface area (Å²) in [6.45, 7) is 2.62. The van der Waals surface area contributed by atoms with Gasteiger partial charge in [-0.05, 0) is 13.0 Å². The van der Waals surface area contributed by atoms with Gasteiger partial charge in [-0.1, -0.05) is 0 Å². The number of nitrogens with two attached hydrogens (primary N) is 1. The van der Waals surface area contributed by atoms with Gasteiger partial charge >= 0.3 is 0 Å². The largest absolute Gasteiger partial charge is 0.397 e. The Morgan fingerprint density at radius 3 is 3.08 bits per heavy atom. The Morgan fingerprint density at radius 1 is 1.62 bits per heavy atom. The molecule has 0 unspecified atom stereocenters. The lowest BCUT2D eigenvalue weighted by molar-refractivity contribution is 0.735. The van der Waals surface area contributed by atoms with E-state index in [1.807, 2.05) is 18.4 Å². The van der Waals surface area contributed by atoms with E-state index in [1.165, 1.54) is 11.3 Å². The molecule has 0 aliphatic carbocycles. The Balaban J connectivity index is 2.92. The van der Waals surface area contributed by atoms with Crippen LogP contribution in [0.2, 0.25) is 0 Å². The third-order valence-electron chi connectivity index (χ3n) is 2.07. The van der Waals surface area contributed by atoms with Crippen LogP contribution in [0.15, 0.2) is 22.4 Å². The molecule has 0 atom stereocenters. The van der Waals surface area contributed by atoms with E-state index in [4.69, 9.17) is 5.73 Å². The molecule has 3 nitrogen and oxygen atoms in total. The van der Waals surface area contributed by atoms with Gasteiger partial charge in [-0.3, -0.25) is 4.79 Å². The second kappa shape index (κ2) is 2.88. The van der Waals surface area contributed by atoms with E-state index in [2.05, 4.69) is 0 Å². The van der Waals surface area contributed by atoms with Crippen LogP contribution in [0.1, 0.15) is 6.92 Å². The molecule has 0 saturated heterocycles. The molecule has 0 fully saturated rings. The lowest BCUT2D eigenvalue weighted by Crippen LogP contribution is -2.18. The number of fused-ring (bicyclic) bond motifs is 1. The van der Waals surface area contributed by atoms with Crippen LogP contribution in [0, 0.1) is 0 Å². The number of rotatable bonds is 1. The summed E-state index contributed by atoms with van der Waals surface area (Å²) in [6.07, 6.45) is 1.81. The van der Waals surface area contributed by atoms with E-state index >= 15 is 0 Å². The molecule has 0 spiro atoms. The summed E-state index contributed by atoms with van der Waals surface area (Å²) in [5.41, 5.74) is 6.30. The molecule has 4 heteroatoms. The highest BCUT2D eigenvalue weighted by Crippen LogP contribution is 2.23. The summed E-state index contributed by atoms with van der Waals surface area (Å²) in [6, 6.07) is 1.93. The van der Waals surface area contributed by atoms with Crippen LogP contribution < -0.4 is 11.3 Å². The van der Waals surface area contributed by atoms with Crippen molar-refractivity contribution < 1.29 is 0 Å². The van der Waals surface area contributed by atoms with Crippen molar-refractivity contribution in [1.29, 1.82) is 0 Å². The number of nitrogens with zero attached hydrogens (tertiary/aromatic N) is 1. The molecule has 2 heterocycles. The summed E-state index contributed by atoms with van der Waals surface area (Å²) in [4.78, 5) is 11.7. The normalized spacial score (nSPS) is 10.8. The fraction of sp³-hybridized carbons (Fsp3) is 0.222. The highest BCUT2D eigenvalue weighted by Gasteiger charge is 2.06. The molecule has 0 aliphatic heterocycles. The van der Waals surface area contributed by atoms with Crippen molar-refractivity contribution in [2.24, 2.45) is 0 Å². The first-order chi connectivity index (χ1) is 6.24. The maximum atomic E-state index is 11.7. The average molecular weight is 194 g/mol. The molecule has 68 valence electrons. The van der Waals surface area contributed by atoms with E-state index in [-0.39, 0.29) is 5.56 Å². The summed E-state index contributed by atoms with van der Waals surface area (Å²) >= 11 is 1.51. The summed E-state index contributed by atoms with van der Waals surface area (Å²) in [5.74, 6) is 0. The van der Waals surface area contributed by atoms with Gasteiger partial charge in [0.2, 0.25) is 0 Å². The maximum absolute atomic E-state index is 11.7. The third-order valence-corrected chi connectivity index (χ3v) is 3.04. The Bertz CT molecular complexity index is 498. The molecule has 0 amide bonds. The summed E-state index contributed by atoms with van der Waals surface area (Å²) < 4.78 is 2.62. The summed E-state index contributed by atoms with van der Waals surface area (Å²) in [7, 11) is 0. The quantitative estimate of drug-likeness (QED) is 0.750. The van der Waals surface area contributed by atoms with Gasteiger partial charge in [-0.15, -0.1) is 11.3 Å². The molecular formula is C9H10N2OS. The lowest BCUT2D eigenvalue weighted by atomic mass is 10.3. The van der Waals surface area contributed by atoms with Crippen LogP contribution in [0.3, 0.4) is 0 Å². The van der Waals surface area contributed by atoms with E-state index in [1.54, 1.807) is 10.8 Å². The summed E-state index contributed by atoms with van der Waals surface area (Å²) in [5, 5.41) is 2.47. The zero-order valence-corrected chi connectivity index (χ0v) is 8.10. The van der Waals surface area contributed by atoms with Crippen molar-refractivity contribution in [1.82, 2.24) is 4.57 Å². The molecule has 0 aliphatic rings. The van der Waals surface area contributed by atoms with Crippen molar-refractivity contribution in [2.45, 2.75) is 13.5 Å². The molecule has 2 aromatic rings. The molecular weight excluding hydrogens is 184 g/mol. The number of thiophene rings is 1. The Morgan fingerprint density at radius 2 is 2.38 bits per heavy atom. The zero-order chi connectivity index (χ0) is 9.42. The molecule has 0 radical (unpaired) electrons. The number of hydrogen-bond donors (Lipinski definition) is 1. The number of anilines is 1. The molecule has 0 saturated carbocycles. The minimum Gasteiger partial charge on any atom is -0.397 e. The fourth-order valence-corrected chi connectivity index (χ4v) is 2.19. The fourth-order valence-electron chi connectivity index (χ4n) is 1.36. The van der Waals surface area contributed by atoms with E-state index in [9.17, 15) is 4.79 Å². The minimum atomic E-state index is 0.0127. The second-order valence-corrected chi connectivity index (χ2v) is 3.75. The second-order valence-electron chi connectivity index (χ2n) is 2.84. The van der Waals surface area contributed by atoms with Crippen molar-refractivity contribution in [2.75, 3.05) is 5.73 Å². The standard InChI is InChI=1S/C9H10N2OS/c1-2-11-4-3-7-8(9(11)12)6(10)5-13-7/h3-5H,2,10H2,1H3. The smallest absolute Gasteiger partial charge is 0.261 e. The Labute approximate surface area is 79.4 Å². The van der Waals surface area contributed by atoms with Gasteiger partial charge in [-0.25, -0.2) is 0 Å². The van der Waals surface area contributed by atoms with Gasteiger partial charge < -0.3 is 10.3 Å². The first-order valence-corrected chi connectivity index (χ1v) is 4.98. The van der Waals surface area contributed by atoms with Crippen molar-refractivity contribution >= 4 is 27.1 Å². The van der Waals surface area contributed by atoms with Crippen molar-refractivity contribution in [3.05, 3.63) is 28.0 Å². The van der Waals surface area contributed by atoms with Crippen LogP contribution in [0.4, 0.5) is 5.69 Å². The first kappa shape index (κ1) is 8.31. The van der Waals surface area contributed by atoms with Gasteiger partial charge in [0.05, 0.1) is 11.1 Å². The van der Waals surface area contributed by atoms with Crippen molar-refractivity contribution in [3.8, 4) is 0 Å². The SMILES string of the molecule is CCn1ccc2scc(N)c2c1=O. The predicted molar refractivity (Wildman–Crippen MR) is 56.2 cm³/mol. The zero-order valence-electron chi connectivity index (χ0n) is 7.28. The maximum Gasteiger partial charge on any atom is 0.261 e. The molecule has 0 bridgehead atoms. The Hall–Kier alpha value is -1.29. The molecule has 0 aromatic carbocycles. The van der Waals surface area contributed by atoms with Gasteiger partial charge in [0.1, 0.15) is 0 Å². The topological polar surface area (TPSA) is 48.0 Å². The lowest BCUT2D eigenvalue weighted by Gasteiger charge is -2.00. The van der Waals surface area contributed by atoms with Crippen LogP contribution in [-0.4, -0.2) is 4.57 Å². The van der Waals surface area contributed by atoms with E-state index in [0.717, 1.165) is 4.70 Å². The Kier molecular flexibility index (Phi) is 1.84. The first-order valence-electron chi connectivity index (χ1n) is 4.10. The van der Waals surface area contributed by atoms with Crippen LogP contribution in [-0.2, 0) is 6.54 Å². The van der Waals surface area contributed by atoms with Crippen LogP contribution in [0.5, 0.6) is 0 Å². The third kappa shape index (κ3) is 1.14. The highest BCUT2D eigenvalue weighted by molar-refractivity contribution is 7.17. The number of pyridine rings is 1. The van der Waals surface area contributed by atoms with Gasteiger partial charge in [-0.2, -0.15) is 0 Å². The number of nitrogen functional groups attached to an aromatic ring is 1. The van der Waals surface area contributed by atoms with Crippen LogP contribution >= 0.6 is 11.3 Å². The average Bonchev–Trinajstić information content (AvgIpc) is 2.49. The molecule has 13 heavy (non-hydrogen) atoms. The molecule has 2 N–H and O–H groups in total. The van der Waals surface area contributed by atoms with Gasteiger partial charge in [0.15, 0.2) is 0 Å². The van der Waals surface area contributed by atoms with E-state index < -0.39 is 0 Å². The van der Waals surface area contributed by atoms with Gasteiger partial charge in [0, 0.05) is 22.8 Å². The molecule has 2 aromatic heterocycles. The highest BCUT2D eigenvalue weighted by atomic mass is 32.1. The monoisotopic (exact) mass is 194 g/mol. The van der Waals surface area contributed by atoms with Crippen molar-refractivity contribution in [3.63, 3.8) is 0 Å². The molecule has 2 rings (SSSR count).